The van der Waals surface area contributed by atoms with Crippen molar-refractivity contribution >= 4 is 41.3 Å². The van der Waals surface area contributed by atoms with Crippen molar-refractivity contribution < 1.29 is 18.9 Å². The molecule has 3 N–H and O–H groups in total. The fourth-order valence-corrected chi connectivity index (χ4v) is 3.26. The summed E-state index contributed by atoms with van der Waals surface area (Å²) in [6.45, 7) is 0.840. The van der Waals surface area contributed by atoms with Crippen LogP contribution in [0.5, 0.6) is 5.75 Å². The van der Waals surface area contributed by atoms with Gasteiger partial charge in [-0.05, 0) is 60.8 Å². The number of nitrogens with zero attached hydrogens (tertiary/aromatic N) is 1. The van der Waals surface area contributed by atoms with Crippen LogP contribution < -0.4 is 4.52 Å². The van der Waals surface area contributed by atoms with Crippen molar-refractivity contribution in [1.82, 2.24) is 9.88 Å². The normalized spacial score (nSPS) is 12.3. The molecule has 0 fully saturated rings. The summed E-state index contributed by atoms with van der Waals surface area (Å²) in [5.41, 5.74) is 1.83. The summed E-state index contributed by atoms with van der Waals surface area (Å²) in [6.07, 6.45) is 0.771. The third-order valence-electron chi connectivity index (χ3n) is 2.86. The van der Waals surface area contributed by atoms with Crippen LogP contribution in [0.25, 0.3) is 10.9 Å². The molecule has 2 aromatic rings. The summed E-state index contributed by atoms with van der Waals surface area (Å²) in [5.74, 6) is 0.212. The zero-order valence-electron chi connectivity index (χ0n) is 11.1. The van der Waals surface area contributed by atoms with Gasteiger partial charge in [-0.1, -0.05) is 6.07 Å². The molecule has 1 aromatic carbocycles. The Labute approximate surface area is 130 Å². The summed E-state index contributed by atoms with van der Waals surface area (Å²) in [7, 11) is -0.605. The van der Waals surface area contributed by atoms with Gasteiger partial charge in [-0.15, -0.1) is 0 Å². The molecule has 0 spiro atoms. The Morgan fingerprint density at radius 3 is 2.70 bits per heavy atom. The van der Waals surface area contributed by atoms with Gasteiger partial charge in [0, 0.05) is 11.9 Å². The first-order chi connectivity index (χ1) is 9.28. The molecule has 0 aliphatic rings. The molecule has 0 saturated carbocycles. The minimum Gasteiger partial charge on any atom is -0.404 e. The van der Waals surface area contributed by atoms with Crippen LogP contribution in [0.15, 0.2) is 18.2 Å². The number of aromatic nitrogens is 1. The van der Waals surface area contributed by atoms with E-state index >= 15 is 0 Å². The molecule has 0 aliphatic heterocycles. The molecule has 8 heteroatoms. The Morgan fingerprint density at radius 1 is 1.40 bits per heavy atom. The smallest absolute Gasteiger partial charge is 0.404 e. The maximum atomic E-state index is 11.1. The third kappa shape index (κ3) is 3.73. The van der Waals surface area contributed by atoms with Gasteiger partial charge in [-0.2, -0.15) is 0 Å². The lowest BCUT2D eigenvalue weighted by Gasteiger charge is -2.11. The van der Waals surface area contributed by atoms with Crippen LogP contribution in [0.2, 0.25) is 0 Å². The number of phosphoric acid groups is 1. The fraction of sp³-hybridized carbons (Fsp3) is 0.333. The molecule has 6 nitrogen and oxygen atoms in total. The number of nitrogens with one attached hydrogen (secondary N) is 1. The summed E-state index contributed by atoms with van der Waals surface area (Å²) in [4.78, 5) is 23.3. The van der Waals surface area contributed by atoms with E-state index in [0.29, 0.717) is 0 Å². The van der Waals surface area contributed by atoms with Gasteiger partial charge in [0.2, 0.25) is 0 Å². The standard InChI is InChI=1S/C12H16IN2O4P/c1-15(2)7-6-8-11-9(14-12(8)13)4-3-5-10(11)19-20(16,17)18/h3-5,14H,6-7H2,1-2H3,(H2,16,17,18). The molecule has 0 bridgehead atoms. The van der Waals surface area contributed by atoms with Crippen molar-refractivity contribution in [3.8, 4) is 5.75 Å². The predicted octanol–water partition coefficient (Wildman–Crippen LogP) is 2.35. The lowest BCUT2D eigenvalue weighted by atomic mass is 10.1. The molecule has 0 radical (unpaired) electrons. The van der Waals surface area contributed by atoms with Crippen LogP contribution in [0.4, 0.5) is 0 Å². The van der Waals surface area contributed by atoms with E-state index in [4.69, 9.17) is 14.3 Å². The van der Waals surface area contributed by atoms with Gasteiger partial charge in [0.05, 0.1) is 9.22 Å². The van der Waals surface area contributed by atoms with E-state index in [-0.39, 0.29) is 5.75 Å². The van der Waals surface area contributed by atoms with Gasteiger partial charge >= 0.3 is 7.82 Å². The molecule has 0 unspecified atom stereocenters. The molecule has 0 amide bonds. The van der Waals surface area contributed by atoms with Gasteiger partial charge in [0.1, 0.15) is 5.75 Å². The van der Waals surface area contributed by atoms with Gasteiger partial charge in [-0.3, -0.25) is 9.79 Å². The average Bonchev–Trinajstić information content (AvgIpc) is 2.61. The van der Waals surface area contributed by atoms with E-state index < -0.39 is 7.82 Å². The fourth-order valence-electron chi connectivity index (χ4n) is 2.02. The lowest BCUT2D eigenvalue weighted by molar-refractivity contribution is 0.284. The number of halogens is 1. The number of benzene rings is 1. The maximum absolute atomic E-state index is 11.1. The Hall–Kier alpha value is -0.600. The second-order valence-electron chi connectivity index (χ2n) is 4.73. The zero-order chi connectivity index (χ0) is 14.9. The lowest BCUT2D eigenvalue weighted by Crippen LogP contribution is -2.15. The molecule has 0 atom stereocenters. The van der Waals surface area contributed by atoms with Crippen molar-refractivity contribution in [1.29, 1.82) is 0 Å². The van der Waals surface area contributed by atoms with Crippen molar-refractivity contribution in [2.45, 2.75) is 6.42 Å². The summed E-state index contributed by atoms with van der Waals surface area (Å²) in [5, 5.41) is 0.738. The largest absolute Gasteiger partial charge is 0.524 e. The van der Waals surface area contributed by atoms with Crippen LogP contribution in [-0.4, -0.2) is 40.3 Å². The number of hydrogen-bond acceptors (Lipinski definition) is 3. The molecule has 0 aliphatic carbocycles. The second-order valence-corrected chi connectivity index (χ2v) is 6.97. The molecular formula is C12H16IN2O4P. The molecule has 0 saturated heterocycles. The van der Waals surface area contributed by atoms with Gasteiger partial charge in [0.25, 0.3) is 0 Å². The van der Waals surface area contributed by atoms with Gasteiger partial charge in [0.15, 0.2) is 0 Å². The van der Waals surface area contributed by atoms with E-state index in [1.54, 1.807) is 12.1 Å². The number of aromatic amines is 1. The van der Waals surface area contributed by atoms with E-state index in [1.807, 2.05) is 20.2 Å². The van der Waals surface area contributed by atoms with Crippen LogP contribution >= 0.6 is 30.4 Å². The first kappa shape index (κ1) is 15.8. The predicted molar refractivity (Wildman–Crippen MR) is 85.9 cm³/mol. The monoisotopic (exact) mass is 410 g/mol. The highest BCUT2D eigenvalue weighted by atomic mass is 127. The first-order valence-corrected chi connectivity index (χ1v) is 8.58. The van der Waals surface area contributed by atoms with Crippen molar-refractivity contribution in [3.63, 3.8) is 0 Å². The van der Waals surface area contributed by atoms with Crippen LogP contribution in [0.3, 0.4) is 0 Å². The van der Waals surface area contributed by atoms with Gasteiger partial charge in [-0.25, -0.2) is 4.57 Å². The molecule has 1 aromatic heterocycles. The maximum Gasteiger partial charge on any atom is 0.524 e. The Kier molecular flexibility index (Phi) is 4.76. The van der Waals surface area contributed by atoms with Crippen LogP contribution in [0.1, 0.15) is 5.56 Å². The minimum absolute atomic E-state index is 0.212. The van der Waals surface area contributed by atoms with Gasteiger partial charge < -0.3 is 14.4 Å². The number of fused-ring (bicyclic) bond motifs is 1. The average molecular weight is 410 g/mol. The molecule has 2 rings (SSSR count). The number of H-pyrrole nitrogens is 1. The number of likely N-dealkylation sites (N-methyl/N-ethyl adjacent to an activating group) is 1. The summed E-state index contributed by atoms with van der Waals surface area (Å²) in [6, 6.07) is 5.14. The molecule has 1 heterocycles. The highest BCUT2D eigenvalue weighted by Gasteiger charge is 2.21. The van der Waals surface area contributed by atoms with Crippen LogP contribution in [0, 0.1) is 3.70 Å². The Balaban J connectivity index is 2.50. The van der Waals surface area contributed by atoms with E-state index in [9.17, 15) is 4.57 Å². The second kappa shape index (κ2) is 6.03. The number of hydrogen-bond donors (Lipinski definition) is 3. The minimum atomic E-state index is -4.57. The number of rotatable bonds is 5. The van der Waals surface area contributed by atoms with E-state index in [1.165, 1.54) is 0 Å². The van der Waals surface area contributed by atoms with E-state index in [2.05, 4.69) is 32.5 Å². The Bertz CT molecular complexity index is 665. The zero-order valence-corrected chi connectivity index (χ0v) is 14.2. The SMILES string of the molecule is CN(C)CCc1c(I)[nH]c2cccc(OP(=O)(O)O)c12. The number of phosphoric ester groups is 1. The van der Waals surface area contributed by atoms with E-state index in [0.717, 1.165) is 33.1 Å². The van der Waals surface area contributed by atoms with Crippen molar-refractivity contribution in [2.75, 3.05) is 20.6 Å². The van der Waals surface area contributed by atoms with Crippen molar-refractivity contribution in [2.24, 2.45) is 0 Å². The summed E-state index contributed by atoms with van der Waals surface area (Å²) >= 11 is 2.19. The van der Waals surface area contributed by atoms with Crippen molar-refractivity contribution in [3.05, 3.63) is 27.5 Å². The Morgan fingerprint density at radius 2 is 2.10 bits per heavy atom. The molecule has 20 heavy (non-hydrogen) atoms. The quantitative estimate of drug-likeness (QED) is 0.521. The third-order valence-corrected chi connectivity index (χ3v) is 4.22. The summed E-state index contributed by atoms with van der Waals surface area (Å²) < 4.78 is 16.8. The van der Waals surface area contributed by atoms with Crippen LogP contribution in [-0.2, 0) is 11.0 Å². The highest BCUT2D eigenvalue weighted by molar-refractivity contribution is 14.1. The highest BCUT2D eigenvalue weighted by Crippen LogP contribution is 2.42. The topological polar surface area (TPSA) is 85.8 Å². The first-order valence-electron chi connectivity index (χ1n) is 5.97. The molecule has 110 valence electrons. The molecular weight excluding hydrogens is 394 g/mol.